The second-order valence-corrected chi connectivity index (χ2v) is 15.4. The summed E-state index contributed by atoms with van der Waals surface area (Å²) in [6.07, 6.45) is -2.41. The third-order valence-corrected chi connectivity index (χ3v) is 10.9. The molecule has 2 N–H and O–H groups in total. The molecule has 3 aromatic rings. The molecule has 3 aromatic carbocycles. The number of aliphatic imine (C=N–C) groups is 1. The number of hydrogen-bond acceptors (Lipinski definition) is 18. The first kappa shape index (κ1) is 46.2. The number of nitrogens with one attached hydrogen (secondary N) is 2. The minimum absolute atomic E-state index is 0.0644. The van der Waals surface area contributed by atoms with Crippen LogP contribution in [0, 0.1) is 54.0 Å². The van der Waals surface area contributed by atoms with Gasteiger partial charge in [0.2, 0.25) is 11.9 Å². The number of carbonyl (C=O) groups excluding carboxylic acids is 7. The normalized spacial score (nSPS) is 18.8. The number of hydrogen-bond donors (Lipinski definition) is 2. The van der Waals surface area contributed by atoms with E-state index in [0.29, 0.717) is 25.1 Å². The van der Waals surface area contributed by atoms with Gasteiger partial charge in [-0.1, -0.05) is 20.8 Å². The van der Waals surface area contributed by atoms with Gasteiger partial charge in [0.05, 0.1) is 43.4 Å². The first-order chi connectivity index (χ1) is 30.8. The van der Waals surface area contributed by atoms with Crippen LogP contribution in [0.3, 0.4) is 0 Å². The Hall–Kier alpha value is -8.28. The van der Waals surface area contributed by atoms with Gasteiger partial charge >= 0.3 is 36.1 Å². The van der Waals surface area contributed by atoms with Gasteiger partial charge in [-0.3, -0.25) is 55.7 Å². The van der Waals surface area contributed by atoms with Crippen molar-refractivity contribution in [3.8, 4) is 0 Å². The molecular weight excluding hydrogens is 860 g/mol. The third-order valence-electron chi connectivity index (χ3n) is 10.9. The average Bonchev–Trinajstić information content (AvgIpc) is 3.81. The van der Waals surface area contributed by atoms with Crippen molar-refractivity contribution in [2.75, 3.05) is 26.2 Å². The molecule has 0 bridgehead atoms. The summed E-state index contributed by atoms with van der Waals surface area (Å²) >= 11 is 0. The molecule has 3 aliphatic rings. The Labute approximate surface area is 366 Å². The van der Waals surface area contributed by atoms with Crippen molar-refractivity contribution in [1.29, 1.82) is 0 Å². The largest absolute Gasteiger partial charge is 0.421 e. The highest BCUT2D eigenvalue weighted by atomic mass is 16.6. The number of non-ortho nitro benzene ring substituents is 3. The molecule has 0 aliphatic carbocycles. The number of fused-ring (bicyclic) bond motifs is 1. The lowest BCUT2D eigenvalue weighted by Gasteiger charge is -2.47. The predicted octanol–water partition coefficient (Wildman–Crippen LogP) is 4.29. The number of nitro benzene ring substituents is 3. The zero-order valence-electron chi connectivity index (χ0n) is 34.6. The van der Waals surface area contributed by atoms with Gasteiger partial charge in [-0.05, 0) is 66.8 Å². The van der Waals surface area contributed by atoms with E-state index in [0.717, 1.165) is 72.8 Å². The number of ether oxygens (including phenoxy) is 3. The van der Waals surface area contributed by atoms with E-state index in [1.807, 2.05) is 25.7 Å². The van der Waals surface area contributed by atoms with Gasteiger partial charge in [-0.25, -0.2) is 28.8 Å². The number of esters is 4. The number of likely N-dealkylation sites (tertiary alicyclic amines) is 1. The van der Waals surface area contributed by atoms with Gasteiger partial charge in [-0.2, -0.15) is 0 Å². The topological polar surface area (TPSA) is 319 Å². The molecule has 6 rings (SSSR count). The number of guanidine groups is 1. The summed E-state index contributed by atoms with van der Waals surface area (Å²) in [4.78, 5) is 130. The smallest absolute Gasteiger partial charge is 0.385 e. The standard InChI is InChI=1S/C41H38N8O16/c1-21(2)31-32-22(3)30(33(46(32)34(31)50)38(54)63-35(51)24-4-10-27(11-5-24)47(57)58)20-45-17-16-23(19-45)18-42-39(43-40(55)64-36(52)25-6-12-28(13-7-25)48(59)60)44-41(56)65-37(53)26-8-14-29(15-9-26)49(61)62/h4-15,21-23,31-32H,16-20H2,1-3H3,(H2,42,43,44,55,56)/t22-,23+,31+,32+/m0/s1. The lowest BCUT2D eigenvalue weighted by atomic mass is 9.74. The summed E-state index contributed by atoms with van der Waals surface area (Å²) in [7, 11) is 0. The molecular formula is C41H38N8O16. The van der Waals surface area contributed by atoms with E-state index in [1.165, 1.54) is 4.90 Å². The van der Waals surface area contributed by atoms with Crippen LogP contribution in [0.4, 0.5) is 26.7 Å². The monoisotopic (exact) mass is 898 g/mol. The maximum absolute atomic E-state index is 13.7. The van der Waals surface area contributed by atoms with Crippen LogP contribution in [0.2, 0.25) is 0 Å². The number of amides is 3. The number of alkyl carbamates (subject to hydrolysis) is 2. The molecule has 3 heterocycles. The van der Waals surface area contributed by atoms with Crippen molar-refractivity contribution in [2.24, 2.45) is 28.7 Å². The molecule has 0 spiro atoms. The van der Waals surface area contributed by atoms with E-state index < -0.39 is 62.7 Å². The molecule has 2 fully saturated rings. The third kappa shape index (κ3) is 10.5. The lowest BCUT2D eigenvalue weighted by molar-refractivity contribution is -0.385. The van der Waals surface area contributed by atoms with Crippen molar-refractivity contribution in [3.05, 3.63) is 131 Å². The molecule has 24 nitrogen and oxygen atoms in total. The van der Waals surface area contributed by atoms with Crippen LogP contribution in [0.5, 0.6) is 0 Å². The Morgan fingerprint density at radius 1 is 0.708 bits per heavy atom. The van der Waals surface area contributed by atoms with Crippen LogP contribution in [0.25, 0.3) is 0 Å². The summed E-state index contributed by atoms with van der Waals surface area (Å²) in [5.41, 5.74) is -1.05. The number of nitrogens with zero attached hydrogens (tertiary/aromatic N) is 6. The van der Waals surface area contributed by atoms with Gasteiger partial charge in [0.1, 0.15) is 5.70 Å². The molecule has 3 aliphatic heterocycles. The van der Waals surface area contributed by atoms with E-state index >= 15 is 0 Å². The fourth-order valence-corrected chi connectivity index (χ4v) is 7.69. The van der Waals surface area contributed by atoms with Crippen molar-refractivity contribution in [1.82, 2.24) is 20.4 Å². The second-order valence-electron chi connectivity index (χ2n) is 15.4. The number of nitro groups is 3. The van der Waals surface area contributed by atoms with Crippen LogP contribution in [-0.2, 0) is 23.8 Å². The molecule has 338 valence electrons. The summed E-state index contributed by atoms with van der Waals surface area (Å²) in [5, 5.41) is 37.2. The molecule has 3 amide bonds. The van der Waals surface area contributed by atoms with Crippen molar-refractivity contribution >= 4 is 65.0 Å². The van der Waals surface area contributed by atoms with E-state index in [4.69, 9.17) is 14.2 Å². The molecule has 24 heteroatoms. The van der Waals surface area contributed by atoms with Crippen molar-refractivity contribution in [3.63, 3.8) is 0 Å². The van der Waals surface area contributed by atoms with E-state index in [2.05, 4.69) is 15.6 Å². The molecule has 0 unspecified atom stereocenters. The summed E-state index contributed by atoms with van der Waals surface area (Å²) < 4.78 is 14.8. The lowest BCUT2D eigenvalue weighted by Crippen LogP contribution is -2.62. The van der Waals surface area contributed by atoms with Crippen molar-refractivity contribution in [2.45, 2.75) is 33.2 Å². The zero-order valence-corrected chi connectivity index (χ0v) is 34.6. The van der Waals surface area contributed by atoms with Crippen LogP contribution >= 0.6 is 0 Å². The Kier molecular flexibility index (Phi) is 13.8. The van der Waals surface area contributed by atoms with Gasteiger partial charge < -0.3 is 19.1 Å². The number of β-lactam (4-membered cyclic amide) rings is 1. The van der Waals surface area contributed by atoms with Crippen LogP contribution in [-0.4, -0.2) is 105 Å². The average molecular weight is 899 g/mol. The Morgan fingerprint density at radius 2 is 1.14 bits per heavy atom. The zero-order chi connectivity index (χ0) is 47.3. The highest BCUT2D eigenvalue weighted by Crippen LogP contribution is 2.49. The maximum Gasteiger partial charge on any atom is 0.421 e. The van der Waals surface area contributed by atoms with Crippen LogP contribution < -0.4 is 10.6 Å². The quantitative estimate of drug-likeness (QED) is 0.0374. The first-order valence-corrected chi connectivity index (χ1v) is 19.7. The Bertz CT molecular complexity index is 2450. The first-order valence-electron chi connectivity index (χ1n) is 19.7. The molecule has 0 aromatic heterocycles. The van der Waals surface area contributed by atoms with Gasteiger partial charge in [0.15, 0.2) is 0 Å². The summed E-state index contributed by atoms with van der Waals surface area (Å²) in [5.74, 6) is -6.57. The highest BCUT2D eigenvalue weighted by Gasteiger charge is 2.59. The Morgan fingerprint density at radius 3 is 1.55 bits per heavy atom. The molecule has 65 heavy (non-hydrogen) atoms. The molecule has 4 atom stereocenters. The minimum Gasteiger partial charge on any atom is -0.385 e. The second kappa shape index (κ2) is 19.4. The van der Waals surface area contributed by atoms with E-state index in [9.17, 15) is 63.9 Å². The van der Waals surface area contributed by atoms with E-state index in [1.54, 1.807) is 0 Å². The number of rotatable bonds is 12. The minimum atomic E-state index is -1.45. The van der Waals surface area contributed by atoms with Crippen LogP contribution in [0.1, 0.15) is 58.3 Å². The van der Waals surface area contributed by atoms with Gasteiger partial charge in [0, 0.05) is 62.0 Å². The maximum atomic E-state index is 13.7. The van der Waals surface area contributed by atoms with E-state index in [-0.39, 0.29) is 82.2 Å². The molecule has 2 saturated heterocycles. The highest BCUT2D eigenvalue weighted by molar-refractivity contribution is 6.08. The van der Waals surface area contributed by atoms with Crippen LogP contribution in [0.15, 0.2) is 89.1 Å². The van der Waals surface area contributed by atoms with Gasteiger partial charge in [-0.15, -0.1) is 0 Å². The Balaban J connectivity index is 1.16. The molecule has 0 saturated carbocycles. The van der Waals surface area contributed by atoms with Gasteiger partial charge in [0.25, 0.3) is 17.1 Å². The summed E-state index contributed by atoms with van der Waals surface area (Å²) in [6, 6.07) is 12.3. The SMILES string of the molecule is CC(C)[C@H]1C(=O)N2C(C(=O)OC(=O)c3ccc([N+](=O)[O-])cc3)=C(CN3CC[C@H](CN=C(NC(=O)OC(=O)c4ccc([N+](=O)[O-])cc4)NC(=O)OC(=O)c4ccc([N+](=O)[O-])cc4)C3)[C@H](C)[C@H]12. The fourth-order valence-electron chi connectivity index (χ4n) is 7.69. The number of carbonyl (C=O) groups is 7. The molecule has 0 radical (unpaired) electrons. The van der Waals surface area contributed by atoms with Crippen molar-refractivity contribution < 1.29 is 62.5 Å². The summed E-state index contributed by atoms with van der Waals surface area (Å²) in [6.45, 7) is 6.49. The number of benzene rings is 3. The fraction of sp³-hybridized carbons (Fsp3) is 0.317. The predicted molar refractivity (Wildman–Crippen MR) is 220 cm³/mol.